The van der Waals surface area contributed by atoms with Gasteiger partial charge in [-0.3, -0.25) is 13.9 Å². The summed E-state index contributed by atoms with van der Waals surface area (Å²) in [4.78, 5) is 27.0. The Labute approximate surface area is 195 Å². The first-order valence-corrected chi connectivity index (χ1v) is 12.7. The Balaban J connectivity index is 2.08. The van der Waals surface area contributed by atoms with E-state index in [2.05, 4.69) is 5.32 Å². The van der Waals surface area contributed by atoms with E-state index in [1.807, 2.05) is 13.8 Å². The van der Waals surface area contributed by atoms with Gasteiger partial charge in [0.15, 0.2) is 0 Å². The first kappa shape index (κ1) is 25.7. The van der Waals surface area contributed by atoms with E-state index in [4.69, 9.17) is 11.6 Å². The molecule has 0 unspecified atom stereocenters. The summed E-state index contributed by atoms with van der Waals surface area (Å²) < 4.78 is 25.9. The molecule has 174 valence electrons. The van der Waals surface area contributed by atoms with E-state index >= 15 is 0 Å². The van der Waals surface area contributed by atoms with Crippen molar-refractivity contribution in [2.75, 3.05) is 35.5 Å². The molecular weight excluding hydrogens is 450 g/mol. The molecule has 0 aliphatic rings. The zero-order valence-electron chi connectivity index (χ0n) is 18.9. The van der Waals surface area contributed by atoms with Gasteiger partial charge in [0, 0.05) is 31.1 Å². The van der Waals surface area contributed by atoms with Gasteiger partial charge in [0.2, 0.25) is 15.9 Å². The highest BCUT2D eigenvalue weighted by atomic mass is 35.5. The molecule has 0 fully saturated rings. The highest BCUT2D eigenvalue weighted by Crippen LogP contribution is 2.27. The predicted octanol–water partition coefficient (Wildman–Crippen LogP) is 4.32. The lowest BCUT2D eigenvalue weighted by atomic mass is 10.1. The van der Waals surface area contributed by atoms with Crippen molar-refractivity contribution in [1.82, 2.24) is 4.90 Å². The molecule has 32 heavy (non-hydrogen) atoms. The fraction of sp³-hybridized carbons (Fsp3) is 0.391. The van der Waals surface area contributed by atoms with E-state index < -0.39 is 10.0 Å². The number of hydrogen-bond donors (Lipinski definition) is 1. The van der Waals surface area contributed by atoms with Gasteiger partial charge in [-0.15, -0.1) is 0 Å². The van der Waals surface area contributed by atoms with Crippen molar-refractivity contribution in [2.45, 2.75) is 33.6 Å². The highest BCUT2D eigenvalue weighted by molar-refractivity contribution is 7.92. The van der Waals surface area contributed by atoms with Crippen LogP contribution in [0.3, 0.4) is 0 Å². The molecule has 0 bridgehead atoms. The second-order valence-corrected chi connectivity index (χ2v) is 9.78. The Kier molecular flexibility index (Phi) is 9.09. The van der Waals surface area contributed by atoms with Crippen LogP contribution in [0.25, 0.3) is 0 Å². The van der Waals surface area contributed by atoms with Crippen LogP contribution in [0, 0.1) is 6.92 Å². The number of hydrogen-bond acceptors (Lipinski definition) is 4. The summed E-state index contributed by atoms with van der Waals surface area (Å²) in [7, 11) is -3.55. The van der Waals surface area contributed by atoms with Crippen molar-refractivity contribution in [3.8, 4) is 0 Å². The standard InChI is InChI=1S/C23H30ClN3O4S/c1-5-26(6-2)23(29)19-10-7-8-11-20(19)25-22(28)12-9-15-27(32(4,30)31)21-16-18(24)14-13-17(21)3/h7-8,10-11,13-14,16H,5-6,9,12,15H2,1-4H3,(H,25,28). The van der Waals surface area contributed by atoms with E-state index in [-0.39, 0.29) is 24.8 Å². The maximum atomic E-state index is 12.7. The van der Waals surface area contributed by atoms with Gasteiger partial charge in [0.1, 0.15) is 0 Å². The molecule has 0 atom stereocenters. The number of rotatable bonds is 10. The third kappa shape index (κ3) is 6.71. The third-order valence-corrected chi connectivity index (χ3v) is 6.50. The van der Waals surface area contributed by atoms with Crippen molar-refractivity contribution in [1.29, 1.82) is 0 Å². The zero-order valence-corrected chi connectivity index (χ0v) is 20.5. The van der Waals surface area contributed by atoms with Crippen molar-refractivity contribution in [3.05, 3.63) is 58.6 Å². The van der Waals surface area contributed by atoms with E-state index in [0.29, 0.717) is 41.5 Å². The molecule has 2 aromatic carbocycles. The number of carbonyl (C=O) groups is 2. The Bertz CT molecular complexity index is 1070. The molecule has 7 nitrogen and oxygen atoms in total. The Morgan fingerprint density at radius 2 is 1.72 bits per heavy atom. The number of nitrogens with one attached hydrogen (secondary N) is 1. The van der Waals surface area contributed by atoms with Crippen molar-refractivity contribution in [2.24, 2.45) is 0 Å². The van der Waals surface area contributed by atoms with E-state index in [1.54, 1.807) is 54.3 Å². The van der Waals surface area contributed by atoms with Crippen LogP contribution in [-0.2, 0) is 14.8 Å². The summed E-state index contributed by atoms with van der Waals surface area (Å²) in [5.41, 5.74) is 2.14. The van der Waals surface area contributed by atoms with E-state index in [1.165, 1.54) is 4.31 Å². The molecule has 0 aromatic heterocycles. The molecule has 2 amide bonds. The number of para-hydroxylation sites is 1. The Hall–Kier alpha value is -2.58. The minimum atomic E-state index is -3.55. The topological polar surface area (TPSA) is 86.8 Å². The summed E-state index contributed by atoms with van der Waals surface area (Å²) >= 11 is 6.05. The van der Waals surface area contributed by atoms with Crippen molar-refractivity contribution in [3.63, 3.8) is 0 Å². The number of anilines is 2. The van der Waals surface area contributed by atoms with Gasteiger partial charge in [-0.1, -0.05) is 29.8 Å². The molecule has 0 spiro atoms. The Morgan fingerprint density at radius 1 is 1.06 bits per heavy atom. The average molecular weight is 480 g/mol. The highest BCUT2D eigenvalue weighted by Gasteiger charge is 2.21. The van der Waals surface area contributed by atoms with Crippen LogP contribution in [0.1, 0.15) is 42.6 Å². The van der Waals surface area contributed by atoms with Gasteiger partial charge in [-0.05, 0) is 57.0 Å². The van der Waals surface area contributed by atoms with Crippen LogP contribution in [-0.4, -0.2) is 51.0 Å². The quantitative estimate of drug-likeness (QED) is 0.550. The van der Waals surface area contributed by atoms with E-state index in [9.17, 15) is 18.0 Å². The summed E-state index contributed by atoms with van der Waals surface area (Å²) in [5, 5.41) is 3.23. The molecule has 0 saturated carbocycles. The lowest BCUT2D eigenvalue weighted by Gasteiger charge is -2.24. The summed E-state index contributed by atoms with van der Waals surface area (Å²) in [5.74, 6) is -0.438. The second-order valence-electron chi connectivity index (χ2n) is 7.44. The lowest BCUT2D eigenvalue weighted by molar-refractivity contribution is -0.116. The van der Waals surface area contributed by atoms with Gasteiger partial charge in [-0.2, -0.15) is 0 Å². The minimum absolute atomic E-state index is 0.0967. The number of sulfonamides is 1. The number of nitrogens with zero attached hydrogens (tertiary/aromatic N) is 2. The molecule has 0 aliphatic carbocycles. The van der Waals surface area contributed by atoms with Gasteiger partial charge < -0.3 is 10.2 Å². The van der Waals surface area contributed by atoms with Crippen LogP contribution in [0.5, 0.6) is 0 Å². The van der Waals surface area contributed by atoms with Crippen LogP contribution in [0.4, 0.5) is 11.4 Å². The van der Waals surface area contributed by atoms with Crippen LogP contribution >= 0.6 is 11.6 Å². The van der Waals surface area contributed by atoms with Crippen LogP contribution in [0.15, 0.2) is 42.5 Å². The first-order valence-electron chi connectivity index (χ1n) is 10.5. The summed E-state index contributed by atoms with van der Waals surface area (Å²) in [6, 6.07) is 11.9. The summed E-state index contributed by atoms with van der Waals surface area (Å²) in [6.07, 6.45) is 1.53. The van der Waals surface area contributed by atoms with E-state index in [0.717, 1.165) is 11.8 Å². The fourth-order valence-corrected chi connectivity index (χ4v) is 4.55. The molecule has 2 aromatic rings. The van der Waals surface area contributed by atoms with Crippen LogP contribution < -0.4 is 9.62 Å². The molecule has 0 aliphatic heterocycles. The molecule has 2 rings (SSSR count). The largest absolute Gasteiger partial charge is 0.339 e. The van der Waals surface area contributed by atoms with Gasteiger partial charge >= 0.3 is 0 Å². The monoisotopic (exact) mass is 479 g/mol. The maximum Gasteiger partial charge on any atom is 0.255 e. The van der Waals surface area contributed by atoms with Crippen molar-refractivity contribution < 1.29 is 18.0 Å². The predicted molar refractivity (Wildman–Crippen MR) is 130 cm³/mol. The van der Waals surface area contributed by atoms with Gasteiger partial charge in [0.25, 0.3) is 5.91 Å². The maximum absolute atomic E-state index is 12.7. The molecule has 1 N–H and O–H groups in total. The fourth-order valence-electron chi connectivity index (χ4n) is 3.37. The summed E-state index contributed by atoms with van der Waals surface area (Å²) in [6.45, 7) is 6.88. The molecular formula is C23H30ClN3O4S. The third-order valence-electron chi connectivity index (χ3n) is 5.09. The normalized spacial score (nSPS) is 11.2. The number of benzene rings is 2. The van der Waals surface area contributed by atoms with Crippen LogP contribution in [0.2, 0.25) is 5.02 Å². The smallest absolute Gasteiger partial charge is 0.255 e. The number of amides is 2. The lowest BCUT2D eigenvalue weighted by Crippen LogP contribution is -2.32. The second kappa shape index (κ2) is 11.3. The number of carbonyl (C=O) groups excluding carboxylic acids is 2. The molecule has 0 saturated heterocycles. The van der Waals surface area contributed by atoms with Gasteiger partial charge in [-0.25, -0.2) is 8.42 Å². The van der Waals surface area contributed by atoms with Crippen molar-refractivity contribution >= 4 is 44.8 Å². The molecule has 9 heteroatoms. The first-order chi connectivity index (χ1) is 15.1. The SMILES string of the molecule is CCN(CC)C(=O)c1ccccc1NC(=O)CCCN(c1cc(Cl)ccc1C)S(C)(=O)=O. The zero-order chi connectivity index (χ0) is 23.9. The minimum Gasteiger partial charge on any atom is -0.339 e. The molecule has 0 radical (unpaired) electrons. The number of halogens is 1. The average Bonchev–Trinajstić information content (AvgIpc) is 2.73. The number of aryl methyl sites for hydroxylation is 1. The Morgan fingerprint density at radius 3 is 2.34 bits per heavy atom. The van der Waals surface area contributed by atoms with Gasteiger partial charge in [0.05, 0.1) is 23.2 Å². The molecule has 0 heterocycles.